The minimum absolute atomic E-state index is 0. The van der Waals surface area contributed by atoms with Crippen molar-refractivity contribution in [1.82, 2.24) is 10.2 Å². The monoisotopic (exact) mass is 432 g/mol. The lowest BCUT2D eigenvalue weighted by Gasteiger charge is -2.35. The molecular weight excluding hydrogens is 418 g/mol. The van der Waals surface area contributed by atoms with Gasteiger partial charge in [-0.1, -0.05) is 40.9 Å². The summed E-state index contributed by atoms with van der Waals surface area (Å²) in [4.78, 5) is 3.65. The second-order valence-electron chi connectivity index (χ2n) is 4.96. The number of hydrogen-bond acceptors (Lipinski definition) is 3. The highest BCUT2D eigenvalue weighted by molar-refractivity contribution is 7.10. The van der Waals surface area contributed by atoms with Crippen molar-refractivity contribution in [2.45, 2.75) is 6.04 Å². The lowest BCUT2D eigenvalue weighted by molar-refractivity contribution is 0.201. The van der Waals surface area contributed by atoms with Gasteiger partial charge in [-0.25, -0.2) is 0 Å². The Kier molecular flexibility index (Phi) is 8.99. The standard InChI is InChI=1S/C15H15Cl3N2S.2ClH/c16-10-3-4-11(17)14(18)13(10)15(12-2-1-9-21-12)20-7-5-19-6-8-20;;/h1-4,9,15,19H,5-8H2;2*1H/t15-;;/m1../s1. The number of nitrogens with one attached hydrogen (secondary N) is 1. The Morgan fingerprint density at radius 1 is 1.00 bits per heavy atom. The molecule has 0 spiro atoms. The van der Waals surface area contributed by atoms with Crippen molar-refractivity contribution >= 4 is 71.0 Å². The van der Waals surface area contributed by atoms with E-state index >= 15 is 0 Å². The van der Waals surface area contributed by atoms with Gasteiger partial charge in [0.2, 0.25) is 0 Å². The summed E-state index contributed by atoms with van der Waals surface area (Å²) in [6, 6.07) is 7.82. The third-order valence-electron chi connectivity index (χ3n) is 3.68. The van der Waals surface area contributed by atoms with Gasteiger partial charge in [0.05, 0.1) is 16.1 Å². The first-order valence-corrected chi connectivity index (χ1v) is 8.81. The molecule has 1 aliphatic rings. The van der Waals surface area contributed by atoms with Gasteiger partial charge in [0.1, 0.15) is 0 Å². The van der Waals surface area contributed by atoms with Crippen LogP contribution in [0.3, 0.4) is 0 Å². The largest absolute Gasteiger partial charge is 0.314 e. The maximum absolute atomic E-state index is 6.48. The number of nitrogens with zero attached hydrogens (tertiary/aromatic N) is 1. The van der Waals surface area contributed by atoms with Crippen molar-refractivity contribution in [1.29, 1.82) is 0 Å². The second kappa shape index (κ2) is 9.69. The van der Waals surface area contributed by atoms with Gasteiger partial charge in [-0.3, -0.25) is 4.90 Å². The van der Waals surface area contributed by atoms with E-state index in [1.165, 1.54) is 4.88 Å². The summed E-state index contributed by atoms with van der Waals surface area (Å²) >= 11 is 20.9. The first kappa shape index (κ1) is 21.3. The van der Waals surface area contributed by atoms with Crippen molar-refractivity contribution in [3.8, 4) is 0 Å². The normalized spacial score (nSPS) is 16.3. The molecule has 2 nitrogen and oxygen atoms in total. The summed E-state index contributed by atoms with van der Waals surface area (Å²) in [5, 5.41) is 7.23. The van der Waals surface area contributed by atoms with Gasteiger partial charge >= 0.3 is 0 Å². The van der Waals surface area contributed by atoms with Gasteiger partial charge in [-0.05, 0) is 23.6 Å². The van der Waals surface area contributed by atoms with Gasteiger partial charge in [-0.2, -0.15) is 0 Å². The molecule has 0 bridgehead atoms. The molecule has 0 radical (unpaired) electrons. The summed E-state index contributed by atoms with van der Waals surface area (Å²) < 4.78 is 0. The quantitative estimate of drug-likeness (QED) is 0.638. The SMILES string of the molecule is Cl.Cl.Clc1ccc(Cl)c([C@@H](c2cccs2)N2CCNCC2)c1Cl. The fraction of sp³-hybridized carbons (Fsp3) is 0.333. The zero-order valence-electron chi connectivity index (χ0n) is 12.1. The van der Waals surface area contributed by atoms with Crippen LogP contribution in [0.15, 0.2) is 29.6 Å². The molecule has 128 valence electrons. The number of rotatable bonds is 3. The minimum Gasteiger partial charge on any atom is -0.314 e. The molecule has 1 saturated heterocycles. The van der Waals surface area contributed by atoms with E-state index in [2.05, 4.69) is 27.7 Å². The average molecular weight is 435 g/mol. The highest BCUT2D eigenvalue weighted by Crippen LogP contribution is 2.42. The van der Waals surface area contributed by atoms with Crippen LogP contribution in [0.25, 0.3) is 0 Å². The van der Waals surface area contributed by atoms with Gasteiger partial charge < -0.3 is 5.32 Å². The molecular formula is C15H17Cl5N2S. The zero-order chi connectivity index (χ0) is 14.8. The predicted octanol–water partition coefficient (Wildman–Crippen LogP) is 5.55. The van der Waals surface area contributed by atoms with E-state index in [0.29, 0.717) is 15.1 Å². The van der Waals surface area contributed by atoms with Crippen LogP contribution in [0.5, 0.6) is 0 Å². The van der Waals surface area contributed by atoms with Crippen LogP contribution in [0, 0.1) is 0 Å². The van der Waals surface area contributed by atoms with E-state index in [4.69, 9.17) is 34.8 Å². The Labute approximate surface area is 167 Å². The number of benzene rings is 1. The first-order chi connectivity index (χ1) is 10.2. The lowest BCUT2D eigenvalue weighted by Crippen LogP contribution is -2.45. The van der Waals surface area contributed by atoms with Gasteiger partial charge in [0.25, 0.3) is 0 Å². The molecule has 23 heavy (non-hydrogen) atoms. The smallest absolute Gasteiger partial charge is 0.0726 e. The molecule has 0 aliphatic carbocycles. The highest BCUT2D eigenvalue weighted by atomic mass is 35.5. The molecule has 1 aliphatic heterocycles. The van der Waals surface area contributed by atoms with Crippen LogP contribution in [0.4, 0.5) is 0 Å². The van der Waals surface area contributed by atoms with Crippen LogP contribution in [0.1, 0.15) is 16.5 Å². The van der Waals surface area contributed by atoms with E-state index in [9.17, 15) is 0 Å². The molecule has 0 amide bonds. The van der Waals surface area contributed by atoms with E-state index in [-0.39, 0.29) is 30.9 Å². The van der Waals surface area contributed by atoms with Crippen molar-refractivity contribution in [3.05, 3.63) is 55.2 Å². The van der Waals surface area contributed by atoms with Crippen molar-refractivity contribution in [2.24, 2.45) is 0 Å². The van der Waals surface area contributed by atoms with Gasteiger partial charge in [0, 0.05) is 41.6 Å². The van der Waals surface area contributed by atoms with Crippen molar-refractivity contribution in [2.75, 3.05) is 26.2 Å². The van der Waals surface area contributed by atoms with E-state index < -0.39 is 0 Å². The van der Waals surface area contributed by atoms with Crippen LogP contribution >= 0.6 is 71.0 Å². The summed E-state index contributed by atoms with van der Waals surface area (Å²) in [6.45, 7) is 3.86. The van der Waals surface area contributed by atoms with E-state index in [0.717, 1.165) is 31.7 Å². The van der Waals surface area contributed by atoms with Crippen LogP contribution in [-0.4, -0.2) is 31.1 Å². The third-order valence-corrected chi connectivity index (χ3v) is 5.76. The summed E-state index contributed by atoms with van der Waals surface area (Å²) in [5.41, 5.74) is 0.912. The molecule has 0 unspecified atom stereocenters. The molecule has 2 heterocycles. The lowest BCUT2D eigenvalue weighted by atomic mass is 10.0. The molecule has 3 rings (SSSR count). The Morgan fingerprint density at radius 3 is 2.26 bits per heavy atom. The second-order valence-corrected chi connectivity index (χ2v) is 7.13. The van der Waals surface area contributed by atoms with Crippen LogP contribution in [0.2, 0.25) is 15.1 Å². The molecule has 1 atom stereocenters. The number of halogens is 5. The maximum atomic E-state index is 6.48. The Balaban J connectivity index is 0.00000132. The Morgan fingerprint density at radius 2 is 1.65 bits per heavy atom. The molecule has 1 aromatic heterocycles. The zero-order valence-corrected chi connectivity index (χ0v) is 16.8. The fourth-order valence-corrected chi connectivity index (χ4v) is 4.29. The molecule has 1 N–H and O–H groups in total. The average Bonchev–Trinajstić information content (AvgIpc) is 3.02. The number of hydrogen-bond donors (Lipinski definition) is 1. The molecule has 8 heteroatoms. The summed E-state index contributed by atoms with van der Waals surface area (Å²) in [7, 11) is 0. The van der Waals surface area contributed by atoms with Gasteiger partial charge in [0.15, 0.2) is 0 Å². The molecule has 1 fully saturated rings. The Hall–Kier alpha value is 0.290. The van der Waals surface area contributed by atoms with Crippen LogP contribution in [-0.2, 0) is 0 Å². The predicted molar refractivity (Wildman–Crippen MR) is 107 cm³/mol. The van der Waals surface area contributed by atoms with E-state index in [1.807, 2.05) is 6.07 Å². The summed E-state index contributed by atoms with van der Waals surface area (Å²) in [5.74, 6) is 0. The molecule has 1 aromatic carbocycles. The van der Waals surface area contributed by atoms with Crippen LogP contribution < -0.4 is 5.32 Å². The van der Waals surface area contributed by atoms with Crippen molar-refractivity contribution < 1.29 is 0 Å². The van der Waals surface area contributed by atoms with Crippen molar-refractivity contribution in [3.63, 3.8) is 0 Å². The molecule has 2 aromatic rings. The molecule has 0 saturated carbocycles. The summed E-state index contributed by atoms with van der Waals surface area (Å²) in [6.07, 6.45) is 0. The minimum atomic E-state index is 0. The van der Waals surface area contributed by atoms with Gasteiger partial charge in [-0.15, -0.1) is 36.2 Å². The fourth-order valence-electron chi connectivity index (χ4n) is 2.69. The number of thiophene rings is 1. The Bertz CT molecular complexity index is 615. The topological polar surface area (TPSA) is 15.3 Å². The first-order valence-electron chi connectivity index (χ1n) is 6.80. The van der Waals surface area contributed by atoms with E-state index in [1.54, 1.807) is 17.4 Å². The number of piperazine rings is 1. The maximum Gasteiger partial charge on any atom is 0.0726 e. The highest BCUT2D eigenvalue weighted by Gasteiger charge is 2.29. The third kappa shape index (κ3) is 4.68.